The van der Waals surface area contributed by atoms with E-state index < -0.39 is 95.5 Å². The van der Waals surface area contributed by atoms with Crippen LogP contribution < -0.4 is 25.8 Å². The molecule has 0 saturated heterocycles. The summed E-state index contributed by atoms with van der Waals surface area (Å²) in [6.45, 7) is -0.629. The fourth-order valence-electron chi connectivity index (χ4n) is 7.46. The number of ether oxygens (including phenoxy) is 5. The summed E-state index contributed by atoms with van der Waals surface area (Å²) in [4.78, 5) is 67.4. The number of hydrogen-bond acceptors (Lipinski definition) is 12. The molecule has 0 unspecified atom stereocenters. The van der Waals surface area contributed by atoms with E-state index in [1.165, 1.54) is 25.2 Å². The van der Waals surface area contributed by atoms with Crippen LogP contribution in [0.3, 0.4) is 0 Å². The van der Waals surface area contributed by atoms with E-state index in [9.17, 15) is 51.0 Å². The van der Waals surface area contributed by atoms with Crippen molar-refractivity contribution in [3.05, 3.63) is 189 Å². The van der Waals surface area contributed by atoms with Crippen LogP contribution in [0, 0.1) is 29.1 Å². The van der Waals surface area contributed by atoms with Crippen LogP contribution >= 0.6 is 11.6 Å². The summed E-state index contributed by atoms with van der Waals surface area (Å²) in [5.74, 6) is -17.2. The Morgan fingerprint density at radius 2 is 1.16 bits per heavy atom. The molecule has 0 saturated carbocycles. The van der Waals surface area contributed by atoms with Gasteiger partial charge in [-0.1, -0.05) is 115 Å². The standard InChI is InChI=1S/C54H50ClF5N4O11/c1-64(50(66)40(61)26-38(65)27-62-53(69)73-29-32-14-8-4-9-15-32)42(52(68)71-2)25-36-22-34(18-20-39(36)55)35-19-21-43(72-28-31-12-6-3-7-13-31)37(23-35)24-41(63-54(70)74-30-33-16-10-5-11-17-33)51(67)75-49-47(59)45(57)44(56)46(58)48(49)60/h3-23,38,40-42,65H,24-30,61H2,1-2H3,(H,62,69)(H,63,70)/t38-,40+,41+,42+/m1/s1. The van der Waals surface area contributed by atoms with Crippen LogP contribution in [-0.2, 0) is 61.3 Å². The molecule has 5 N–H and O–H groups in total. The number of nitrogens with two attached hydrogens (primary N) is 1. The van der Waals surface area contributed by atoms with E-state index in [0.717, 1.165) is 17.6 Å². The number of carbonyl (C=O) groups excluding carboxylic acids is 5. The van der Waals surface area contributed by atoms with Crippen LogP contribution in [0.15, 0.2) is 127 Å². The normalized spacial score (nSPS) is 12.6. The Labute approximate surface area is 432 Å². The smallest absolute Gasteiger partial charge is 0.408 e. The molecule has 3 amide bonds. The fraction of sp³-hybridized carbons (Fsp3) is 0.241. The third-order valence-electron chi connectivity index (χ3n) is 11.5. The second-order valence-corrected chi connectivity index (χ2v) is 17.2. The number of benzene rings is 6. The van der Waals surface area contributed by atoms with Crippen LogP contribution in [0.25, 0.3) is 11.1 Å². The van der Waals surface area contributed by atoms with E-state index in [2.05, 4.69) is 10.6 Å². The van der Waals surface area contributed by atoms with Gasteiger partial charge in [0.25, 0.3) is 0 Å². The zero-order valence-electron chi connectivity index (χ0n) is 40.2. The lowest BCUT2D eigenvalue weighted by atomic mass is 9.95. The molecule has 21 heteroatoms. The van der Waals surface area contributed by atoms with Crippen LogP contribution in [0.4, 0.5) is 31.5 Å². The number of aliphatic hydroxyl groups excluding tert-OH is 1. The summed E-state index contributed by atoms with van der Waals surface area (Å²) in [7, 11) is 2.43. The summed E-state index contributed by atoms with van der Waals surface area (Å²) >= 11 is 6.70. The molecule has 6 aromatic carbocycles. The van der Waals surface area contributed by atoms with E-state index in [4.69, 9.17) is 41.0 Å². The van der Waals surface area contributed by atoms with E-state index >= 15 is 0 Å². The number of likely N-dealkylation sites (N-methyl/N-ethyl adjacent to an activating group) is 1. The summed E-state index contributed by atoms with van der Waals surface area (Å²) in [6, 6.07) is 30.9. The molecule has 0 spiro atoms. The molecule has 6 aromatic rings. The monoisotopic (exact) mass is 1060 g/mol. The number of aliphatic hydroxyl groups is 1. The van der Waals surface area contributed by atoms with E-state index in [1.54, 1.807) is 103 Å². The number of nitrogens with zero attached hydrogens (tertiary/aromatic N) is 1. The predicted molar refractivity (Wildman–Crippen MR) is 262 cm³/mol. The van der Waals surface area contributed by atoms with Crippen molar-refractivity contribution in [2.24, 2.45) is 5.73 Å². The largest absolute Gasteiger partial charge is 0.489 e. The van der Waals surface area contributed by atoms with Crippen molar-refractivity contribution in [1.82, 2.24) is 15.5 Å². The maximum absolute atomic E-state index is 14.9. The molecule has 0 aliphatic carbocycles. The van der Waals surface area contributed by atoms with Gasteiger partial charge in [-0.05, 0) is 69.6 Å². The highest BCUT2D eigenvalue weighted by molar-refractivity contribution is 6.31. The van der Waals surface area contributed by atoms with E-state index in [0.29, 0.717) is 27.8 Å². The molecule has 0 aromatic heterocycles. The van der Waals surface area contributed by atoms with Gasteiger partial charge < -0.3 is 50.1 Å². The Hall–Kier alpha value is -8.07. The van der Waals surface area contributed by atoms with Crippen molar-refractivity contribution < 1.29 is 74.7 Å². The minimum atomic E-state index is -2.49. The van der Waals surface area contributed by atoms with Gasteiger partial charge >= 0.3 is 24.1 Å². The van der Waals surface area contributed by atoms with E-state index in [-0.39, 0.29) is 55.5 Å². The maximum atomic E-state index is 14.9. The SMILES string of the molecule is COC(=O)[C@H](Cc1cc(-c2ccc(OCc3ccccc3)c(C[C@H](NC(=O)OCc3ccccc3)C(=O)Oc3c(F)c(F)c(F)c(F)c3F)c2)ccc1Cl)N(C)C(=O)[C@@H](N)C[C@@H](O)CNC(=O)OCc1ccccc1. The van der Waals surface area contributed by atoms with Gasteiger partial charge in [-0.25, -0.2) is 32.3 Å². The van der Waals surface area contributed by atoms with Gasteiger partial charge in [-0.15, -0.1) is 0 Å². The zero-order chi connectivity index (χ0) is 54.2. The Morgan fingerprint density at radius 1 is 0.653 bits per heavy atom. The van der Waals surface area contributed by atoms with Gasteiger partial charge in [0, 0.05) is 31.5 Å². The lowest BCUT2D eigenvalue weighted by molar-refractivity contribution is -0.152. The molecule has 394 valence electrons. The number of hydrogen-bond donors (Lipinski definition) is 4. The topological polar surface area (TPSA) is 205 Å². The molecule has 0 radical (unpaired) electrons. The summed E-state index contributed by atoms with van der Waals surface area (Å²) in [5, 5.41) is 15.5. The van der Waals surface area contributed by atoms with Gasteiger partial charge in [0.05, 0.1) is 19.3 Å². The third-order valence-corrected chi connectivity index (χ3v) is 11.9. The van der Waals surface area contributed by atoms with Crippen molar-refractivity contribution in [3.63, 3.8) is 0 Å². The van der Waals surface area contributed by atoms with Gasteiger partial charge in [-0.3, -0.25) is 4.79 Å². The van der Waals surface area contributed by atoms with Gasteiger partial charge in [0.15, 0.2) is 0 Å². The molecule has 15 nitrogen and oxygen atoms in total. The number of rotatable bonds is 22. The van der Waals surface area contributed by atoms with Crippen LogP contribution in [0.1, 0.15) is 34.2 Å². The molecule has 0 heterocycles. The van der Waals surface area contributed by atoms with Gasteiger partial charge in [-0.2, -0.15) is 8.78 Å². The molecule has 0 bridgehead atoms. The zero-order valence-corrected chi connectivity index (χ0v) is 41.0. The van der Waals surface area contributed by atoms with Crippen LogP contribution in [0.5, 0.6) is 11.5 Å². The lowest BCUT2D eigenvalue weighted by Crippen LogP contribution is -2.52. The number of methoxy groups -OCH3 is 1. The first-order chi connectivity index (χ1) is 35.9. The number of alkyl carbamates (subject to hydrolysis) is 2. The molecule has 4 atom stereocenters. The summed E-state index contributed by atoms with van der Waals surface area (Å²) in [6.07, 6.45) is -4.45. The molecule has 6 rings (SSSR count). The number of carbonyl (C=O) groups is 5. The highest BCUT2D eigenvalue weighted by atomic mass is 35.5. The first-order valence-electron chi connectivity index (χ1n) is 22.9. The fourth-order valence-corrected chi connectivity index (χ4v) is 7.66. The molecular formula is C54H50ClF5N4O11. The number of halogens is 6. The van der Waals surface area contributed by atoms with Crippen molar-refractivity contribution in [2.45, 2.75) is 63.3 Å². The Bertz CT molecular complexity index is 2940. The van der Waals surface area contributed by atoms with Crippen molar-refractivity contribution in [2.75, 3.05) is 20.7 Å². The number of amides is 3. The molecule has 0 aliphatic heterocycles. The minimum absolute atomic E-state index is 0.0123. The lowest BCUT2D eigenvalue weighted by Gasteiger charge is -2.29. The molecule has 0 fully saturated rings. The maximum Gasteiger partial charge on any atom is 0.408 e. The first kappa shape index (κ1) is 56.2. The quantitative estimate of drug-likeness (QED) is 0.0127. The van der Waals surface area contributed by atoms with Crippen LogP contribution in [0.2, 0.25) is 5.02 Å². The predicted octanol–water partition coefficient (Wildman–Crippen LogP) is 8.27. The summed E-state index contributed by atoms with van der Waals surface area (Å²) in [5.41, 5.74) is 9.53. The molecule has 75 heavy (non-hydrogen) atoms. The number of nitrogens with one attached hydrogen (secondary N) is 2. The second kappa shape index (κ2) is 26.8. The first-order valence-corrected chi connectivity index (χ1v) is 23.3. The Kier molecular flexibility index (Phi) is 20.1. The van der Waals surface area contributed by atoms with Crippen molar-refractivity contribution in [1.29, 1.82) is 0 Å². The summed E-state index contributed by atoms with van der Waals surface area (Å²) < 4.78 is 98.6. The highest BCUT2D eigenvalue weighted by Gasteiger charge is 2.34. The second-order valence-electron chi connectivity index (χ2n) is 16.8. The third kappa shape index (κ3) is 15.5. The Balaban J connectivity index is 1.25. The minimum Gasteiger partial charge on any atom is -0.489 e. The molecule has 0 aliphatic rings. The van der Waals surface area contributed by atoms with E-state index in [1.807, 2.05) is 6.07 Å². The van der Waals surface area contributed by atoms with Crippen molar-refractivity contribution in [3.8, 4) is 22.6 Å². The van der Waals surface area contributed by atoms with Gasteiger partial charge in [0.2, 0.25) is 40.7 Å². The molecular weight excluding hydrogens is 1010 g/mol. The average Bonchev–Trinajstić information content (AvgIpc) is 3.42. The average molecular weight is 1060 g/mol. The van der Waals surface area contributed by atoms with Crippen molar-refractivity contribution >= 4 is 41.6 Å². The van der Waals surface area contributed by atoms with Crippen LogP contribution in [-0.4, -0.2) is 85.0 Å². The Morgan fingerprint density at radius 3 is 1.72 bits per heavy atom. The van der Waals surface area contributed by atoms with Gasteiger partial charge in [0.1, 0.15) is 37.7 Å². The number of esters is 2. The highest BCUT2D eigenvalue weighted by Crippen LogP contribution is 2.33.